The largest absolute Gasteiger partial charge is 0.341 e. The highest BCUT2D eigenvalue weighted by Crippen LogP contribution is 2.27. The number of Topliss-reactive ketones (excluding diaryl/α,β-unsaturated/α-hetero) is 1. The smallest absolute Gasteiger partial charge is 0.137 e. The molecule has 114 valence electrons. The van der Waals surface area contributed by atoms with E-state index >= 15 is 0 Å². The molecule has 0 amide bonds. The van der Waals surface area contributed by atoms with Crippen molar-refractivity contribution in [3.63, 3.8) is 0 Å². The zero-order valence-electron chi connectivity index (χ0n) is 13.5. The first-order valence-electron chi connectivity index (χ1n) is 7.52. The molecule has 3 N–H and O–H groups in total. The first kappa shape index (κ1) is 15.7. The molecule has 1 aromatic heterocycles. The molecule has 0 aliphatic rings. The Bertz CT molecular complexity index is 652. The number of benzene rings is 1. The van der Waals surface area contributed by atoms with Crippen molar-refractivity contribution in [1.29, 1.82) is 0 Å². The van der Waals surface area contributed by atoms with Crippen LogP contribution in [-0.2, 0) is 10.2 Å². The van der Waals surface area contributed by atoms with E-state index in [1.54, 1.807) is 0 Å². The molecule has 1 heterocycles. The van der Waals surface area contributed by atoms with Crippen LogP contribution >= 0.6 is 0 Å². The summed E-state index contributed by atoms with van der Waals surface area (Å²) in [6, 6.07) is 5.83. The average Bonchev–Trinajstić information content (AvgIpc) is 2.86. The molecule has 2 atom stereocenters. The molecule has 0 spiro atoms. The monoisotopic (exact) mass is 287 g/mol. The van der Waals surface area contributed by atoms with Gasteiger partial charge in [0.25, 0.3) is 0 Å². The Balaban J connectivity index is 2.37. The first-order valence-corrected chi connectivity index (χ1v) is 7.52. The number of nitrogens with one attached hydrogen (secondary N) is 1. The highest BCUT2D eigenvalue weighted by Gasteiger charge is 2.24. The minimum absolute atomic E-state index is 0.0903. The van der Waals surface area contributed by atoms with Crippen LogP contribution in [0.4, 0.5) is 0 Å². The Morgan fingerprint density at radius 3 is 2.62 bits per heavy atom. The van der Waals surface area contributed by atoms with Gasteiger partial charge in [0.2, 0.25) is 0 Å². The van der Waals surface area contributed by atoms with Gasteiger partial charge in [0.15, 0.2) is 0 Å². The quantitative estimate of drug-likeness (QED) is 0.904. The molecule has 0 bridgehead atoms. The van der Waals surface area contributed by atoms with E-state index in [9.17, 15) is 4.79 Å². The Morgan fingerprint density at radius 2 is 2.05 bits per heavy atom. The van der Waals surface area contributed by atoms with Gasteiger partial charge in [-0.15, -0.1) is 0 Å². The summed E-state index contributed by atoms with van der Waals surface area (Å²) in [5, 5.41) is 0. The predicted octanol–water partition coefficient (Wildman–Crippen LogP) is 3.48. The Hall–Kier alpha value is -1.68. The van der Waals surface area contributed by atoms with Crippen LogP contribution < -0.4 is 5.73 Å². The third-order valence-corrected chi connectivity index (χ3v) is 4.08. The minimum Gasteiger partial charge on any atom is -0.341 e. The zero-order chi connectivity index (χ0) is 15.8. The van der Waals surface area contributed by atoms with Crippen molar-refractivity contribution in [1.82, 2.24) is 9.97 Å². The summed E-state index contributed by atoms with van der Waals surface area (Å²) in [7, 11) is 0. The second-order valence-corrected chi connectivity index (χ2v) is 6.74. The molecule has 2 rings (SSSR count). The van der Waals surface area contributed by atoms with Crippen molar-refractivity contribution in [3.05, 3.63) is 29.6 Å². The summed E-state index contributed by atoms with van der Waals surface area (Å²) < 4.78 is 0. The molecule has 2 aromatic rings. The van der Waals surface area contributed by atoms with Gasteiger partial charge in [0.05, 0.1) is 17.1 Å². The van der Waals surface area contributed by atoms with Gasteiger partial charge in [0.1, 0.15) is 11.6 Å². The number of H-pyrrole nitrogens is 1. The summed E-state index contributed by atoms with van der Waals surface area (Å²) in [6.07, 6.45) is 0.503. The molecule has 21 heavy (non-hydrogen) atoms. The van der Waals surface area contributed by atoms with Crippen LogP contribution in [0.15, 0.2) is 18.2 Å². The van der Waals surface area contributed by atoms with Gasteiger partial charge in [-0.05, 0) is 23.1 Å². The number of carbonyl (C=O) groups is 1. The van der Waals surface area contributed by atoms with E-state index in [-0.39, 0.29) is 23.2 Å². The molecule has 0 radical (unpaired) electrons. The lowest BCUT2D eigenvalue weighted by atomic mass is 9.87. The number of carbonyl (C=O) groups excluding carboxylic acids is 1. The molecule has 0 aliphatic carbocycles. The van der Waals surface area contributed by atoms with E-state index < -0.39 is 0 Å². The number of nitrogens with zero attached hydrogens (tertiary/aromatic N) is 1. The van der Waals surface area contributed by atoms with Gasteiger partial charge < -0.3 is 10.7 Å². The maximum atomic E-state index is 11.8. The van der Waals surface area contributed by atoms with Gasteiger partial charge in [0, 0.05) is 12.3 Å². The van der Waals surface area contributed by atoms with Gasteiger partial charge in [-0.3, -0.25) is 4.79 Å². The fraction of sp³-hybridized carbons (Fsp3) is 0.529. The Labute approximate surface area is 126 Å². The van der Waals surface area contributed by atoms with Crippen LogP contribution in [0.5, 0.6) is 0 Å². The number of imidazole rings is 1. The molecule has 0 saturated carbocycles. The Kier molecular flexibility index (Phi) is 4.19. The number of hydrogen-bond donors (Lipinski definition) is 2. The van der Waals surface area contributed by atoms with E-state index in [0.717, 1.165) is 11.0 Å². The van der Waals surface area contributed by atoms with Gasteiger partial charge in [-0.2, -0.15) is 0 Å². The maximum Gasteiger partial charge on any atom is 0.137 e. The van der Waals surface area contributed by atoms with Gasteiger partial charge in [-0.25, -0.2) is 4.98 Å². The second-order valence-electron chi connectivity index (χ2n) is 6.74. The lowest BCUT2D eigenvalue weighted by Gasteiger charge is -2.18. The van der Waals surface area contributed by atoms with E-state index in [0.29, 0.717) is 12.2 Å². The molecular weight excluding hydrogens is 262 g/mol. The number of fused-ring (bicyclic) bond motifs is 1. The number of ketones is 1. The van der Waals surface area contributed by atoms with Crippen LogP contribution in [0, 0.1) is 5.92 Å². The van der Waals surface area contributed by atoms with Crippen molar-refractivity contribution in [2.24, 2.45) is 11.7 Å². The van der Waals surface area contributed by atoms with E-state index in [1.165, 1.54) is 5.56 Å². The SMILES string of the molecule is CCC(=O)[C@H](C)[C@H](N)c1nc2ccc(C(C)(C)C)cc2[nH]1. The number of rotatable bonds is 4. The maximum absolute atomic E-state index is 11.8. The number of nitrogens with two attached hydrogens (primary N) is 1. The van der Waals surface area contributed by atoms with Crippen LogP contribution in [0.1, 0.15) is 58.5 Å². The topological polar surface area (TPSA) is 71.8 Å². The van der Waals surface area contributed by atoms with Crippen LogP contribution in [0.3, 0.4) is 0 Å². The molecule has 4 heteroatoms. The van der Waals surface area contributed by atoms with E-state index in [1.807, 2.05) is 19.9 Å². The van der Waals surface area contributed by atoms with Crippen LogP contribution in [0.25, 0.3) is 11.0 Å². The summed E-state index contributed by atoms with van der Waals surface area (Å²) in [4.78, 5) is 19.6. The molecular formula is C17H25N3O. The fourth-order valence-electron chi connectivity index (χ4n) is 2.41. The van der Waals surface area contributed by atoms with Crippen molar-refractivity contribution in [2.75, 3.05) is 0 Å². The van der Waals surface area contributed by atoms with Gasteiger partial charge >= 0.3 is 0 Å². The highest BCUT2D eigenvalue weighted by atomic mass is 16.1. The summed E-state index contributed by atoms with van der Waals surface area (Å²) in [5.41, 5.74) is 9.39. The van der Waals surface area contributed by atoms with Crippen molar-refractivity contribution < 1.29 is 4.79 Å². The lowest BCUT2D eigenvalue weighted by Crippen LogP contribution is -2.26. The van der Waals surface area contributed by atoms with Crippen molar-refractivity contribution in [3.8, 4) is 0 Å². The molecule has 0 aliphatic heterocycles. The third kappa shape index (κ3) is 3.16. The van der Waals surface area contributed by atoms with Crippen molar-refractivity contribution >= 4 is 16.8 Å². The third-order valence-electron chi connectivity index (χ3n) is 4.08. The Morgan fingerprint density at radius 1 is 1.38 bits per heavy atom. The zero-order valence-corrected chi connectivity index (χ0v) is 13.5. The number of hydrogen-bond acceptors (Lipinski definition) is 3. The molecule has 0 fully saturated rings. The highest BCUT2D eigenvalue weighted by molar-refractivity contribution is 5.81. The second kappa shape index (κ2) is 5.60. The van der Waals surface area contributed by atoms with E-state index in [4.69, 9.17) is 5.73 Å². The lowest BCUT2D eigenvalue weighted by molar-refractivity contribution is -0.122. The number of aromatic amines is 1. The van der Waals surface area contributed by atoms with Crippen LogP contribution in [0.2, 0.25) is 0 Å². The van der Waals surface area contributed by atoms with E-state index in [2.05, 4.69) is 42.9 Å². The standard InChI is InChI=1S/C17H25N3O/c1-6-14(21)10(2)15(18)16-19-12-8-7-11(17(3,4)5)9-13(12)20-16/h7-10,15H,6,18H2,1-5H3,(H,19,20)/t10-,15-/m0/s1. The number of aromatic nitrogens is 2. The summed E-state index contributed by atoms with van der Waals surface area (Å²) in [6.45, 7) is 10.3. The predicted molar refractivity (Wildman–Crippen MR) is 86.2 cm³/mol. The molecule has 0 saturated heterocycles. The molecule has 4 nitrogen and oxygen atoms in total. The first-order chi connectivity index (χ1) is 9.74. The average molecular weight is 287 g/mol. The van der Waals surface area contributed by atoms with Crippen molar-refractivity contribution in [2.45, 2.75) is 52.5 Å². The summed E-state index contributed by atoms with van der Waals surface area (Å²) in [5.74, 6) is 0.626. The minimum atomic E-state index is -0.386. The normalized spacial score (nSPS) is 15.1. The molecule has 1 aromatic carbocycles. The summed E-state index contributed by atoms with van der Waals surface area (Å²) >= 11 is 0. The van der Waals surface area contributed by atoms with Crippen LogP contribution in [-0.4, -0.2) is 15.8 Å². The van der Waals surface area contributed by atoms with Gasteiger partial charge in [-0.1, -0.05) is 40.7 Å². The fourth-order valence-corrected chi connectivity index (χ4v) is 2.41. The molecule has 0 unspecified atom stereocenters.